The van der Waals surface area contributed by atoms with Gasteiger partial charge in [0.15, 0.2) is 0 Å². The third kappa shape index (κ3) is 2.33. The highest BCUT2D eigenvalue weighted by Crippen LogP contribution is 2.42. The van der Waals surface area contributed by atoms with Gasteiger partial charge in [-0.3, -0.25) is 0 Å². The second-order valence-corrected chi connectivity index (χ2v) is 6.60. The van der Waals surface area contributed by atoms with Crippen molar-refractivity contribution in [2.75, 3.05) is 0 Å². The van der Waals surface area contributed by atoms with Gasteiger partial charge in [0.25, 0.3) is 0 Å². The van der Waals surface area contributed by atoms with Gasteiger partial charge in [0.05, 0.1) is 3.79 Å². The Morgan fingerprint density at radius 2 is 2.31 bits per heavy atom. The molecule has 0 amide bonds. The molecule has 1 nitrogen and oxygen atoms in total. The molecule has 0 aromatic carbocycles. The summed E-state index contributed by atoms with van der Waals surface area (Å²) < 4.78 is 1.22. The van der Waals surface area contributed by atoms with Gasteiger partial charge in [-0.15, -0.1) is 11.3 Å². The van der Waals surface area contributed by atoms with Crippen LogP contribution in [-0.2, 0) is 0 Å². The number of halogens is 1. The lowest BCUT2D eigenvalue weighted by Crippen LogP contribution is -2.23. The van der Waals surface area contributed by atoms with E-state index in [0.29, 0.717) is 5.92 Å². The fourth-order valence-corrected chi connectivity index (χ4v) is 3.14. The molecule has 0 aliphatic heterocycles. The lowest BCUT2D eigenvalue weighted by Gasteiger charge is -2.14. The summed E-state index contributed by atoms with van der Waals surface area (Å²) >= 11 is 5.31. The third-order valence-corrected chi connectivity index (χ3v) is 4.54. The van der Waals surface area contributed by atoms with Crippen LogP contribution < -0.4 is 5.73 Å². The highest BCUT2D eigenvalue weighted by molar-refractivity contribution is 9.11. The summed E-state index contributed by atoms with van der Waals surface area (Å²) in [4.78, 5) is 1.45. The van der Waals surface area contributed by atoms with Crippen molar-refractivity contribution < 1.29 is 0 Å². The van der Waals surface area contributed by atoms with Gasteiger partial charge in [0.1, 0.15) is 0 Å². The van der Waals surface area contributed by atoms with Gasteiger partial charge in [-0.05, 0) is 53.2 Å². The summed E-state index contributed by atoms with van der Waals surface area (Å²) in [6.07, 6.45) is 3.56. The number of hydrogen-bond donors (Lipinski definition) is 1. The topological polar surface area (TPSA) is 26.0 Å². The van der Waals surface area contributed by atoms with Crippen LogP contribution in [0.3, 0.4) is 0 Å². The summed E-state index contributed by atoms with van der Waals surface area (Å²) in [5.74, 6) is 0.615. The third-order valence-electron chi connectivity index (χ3n) is 2.68. The Morgan fingerprint density at radius 3 is 2.77 bits per heavy atom. The molecule has 1 aliphatic carbocycles. The molecular formula is C10H14BrNS. The maximum absolute atomic E-state index is 6.08. The second-order valence-electron chi connectivity index (χ2n) is 4.11. The average Bonchev–Trinajstić information content (AvgIpc) is 2.62. The van der Waals surface area contributed by atoms with E-state index in [1.54, 1.807) is 0 Å². The summed E-state index contributed by atoms with van der Waals surface area (Å²) in [5.41, 5.74) is 6.26. The number of nitrogens with two attached hydrogens (primary N) is 1. The van der Waals surface area contributed by atoms with Crippen molar-refractivity contribution in [2.45, 2.75) is 37.6 Å². The highest BCUT2D eigenvalue weighted by atomic mass is 79.9. The molecule has 0 saturated heterocycles. The van der Waals surface area contributed by atoms with E-state index in [4.69, 9.17) is 5.73 Å². The van der Waals surface area contributed by atoms with E-state index >= 15 is 0 Å². The molecule has 1 saturated carbocycles. The van der Waals surface area contributed by atoms with Crippen LogP contribution in [0.25, 0.3) is 0 Å². The molecule has 1 unspecified atom stereocenters. The molecule has 1 heterocycles. The zero-order valence-electron chi connectivity index (χ0n) is 7.72. The van der Waals surface area contributed by atoms with Crippen LogP contribution >= 0.6 is 27.3 Å². The molecule has 3 heteroatoms. The van der Waals surface area contributed by atoms with Gasteiger partial charge in [-0.2, -0.15) is 0 Å². The fourth-order valence-electron chi connectivity index (χ4n) is 1.67. The normalized spacial score (nSPS) is 21.5. The Morgan fingerprint density at radius 1 is 1.62 bits per heavy atom. The largest absolute Gasteiger partial charge is 0.325 e. The van der Waals surface area contributed by atoms with Crippen molar-refractivity contribution in [3.05, 3.63) is 20.8 Å². The summed E-state index contributed by atoms with van der Waals surface area (Å²) in [5, 5.41) is 0. The molecule has 1 aromatic rings. The quantitative estimate of drug-likeness (QED) is 0.884. The zero-order chi connectivity index (χ0) is 9.47. The van der Waals surface area contributed by atoms with Crippen LogP contribution in [-0.4, -0.2) is 5.54 Å². The Kier molecular flexibility index (Phi) is 2.51. The Balaban J connectivity index is 2.00. The average molecular weight is 260 g/mol. The van der Waals surface area contributed by atoms with Crippen LogP contribution in [0, 0.1) is 0 Å². The van der Waals surface area contributed by atoms with Crippen molar-refractivity contribution in [1.29, 1.82) is 0 Å². The molecule has 0 bridgehead atoms. The van der Waals surface area contributed by atoms with Crippen LogP contribution in [0.15, 0.2) is 15.9 Å². The van der Waals surface area contributed by atoms with Crippen LogP contribution in [0.5, 0.6) is 0 Å². The molecule has 2 N–H and O–H groups in total. The maximum atomic E-state index is 6.08. The van der Waals surface area contributed by atoms with E-state index in [-0.39, 0.29) is 5.54 Å². The molecule has 2 rings (SSSR count). The maximum Gasteiger partial charge on any atom is 0.0701 e. The van der Waals surface area contributed by atoms with Gasteiger partial charge in [-0.25, -0.2) is 0 Å². The molecule has 1 atom stereocenters. The van der Waals surface area contributed by atoms with Gasteiger partial charge < -0.3 is 5.73 Å². The predicted molar refractivity (Wildman–Crippen MR) is 61.2 cm³/mol. The van der Waals surface area contributed by atoms with Gasteiger partial charge in [0, 0.05) is 10.4 Å². The van der Waals surface area contributed by atoms with Crippen molar-refractivity contribution in [1.82, 2.24) is 0 Å². The van der Waals surface area contributed by atoms with Crippen molar-refractivity contribution in [3.63, 3.8) is 0 Å². The molecule has 1 aromatic heterocycles. The second kappa shape index (κ2) is 3.37. The minimum atomic E-state index is 0.176. The summed E-state index contributed by atoms with van der Waals surface area (Å²) in [6.45, 7) is 2.27. The van der Waals surface area contributed by atoms with Crippen molar-refractivity contribution in [2.24, 2.45) is 5.73 Å². The minimum Gasteiger partial charge on any atom is -0.325 e. The number of thiophene rings is 1. The van der Waals surface area contributed by atoms with Gasteiger partial charge >= 0.3 is 0 Å². The van der Waals surface area contributed by atoms with E-state index in [0.717, 1.165) is 6.42 Å². The first kappa shape index (κ1) is 9.69. The van der Waals surface area contributed by atoms with Crippen LogP contribution in [0.4, 0.5) is 0 Å². The molecular weight excluding hydrogens is 246 g/mol. The van der Waals surface area contributed by atoms with E-state index in [2.05, 4.69) is 35.0 Å². The lowest BCUT2D eigenvalue weighted by molar-refractivity contribution is 0.547. The minimum absolute atomic E-state index is 0.176. The van der Waals surface area contributed by atoms with Crippen LogP contribution in [0.1, 0.15) is 37.0 Å². The lowest BCUT2D eigenvalue weighted by atomic mass is 9.99. The van der Waals surface area contributed by atoms with Crippen molar-refractivity contribution in [3.8, 4) is 0 Å². The van der Waals surface area contributed by atoms with E-state index in [1.165, 1.54) is 21.5 Å². The smallest absolute Gasteiger partial charge is 0.0701 e. The molecule has 13 heavy (non-hydrogen) atoms. The van der Waals surface area contributed by atoms with E-state index in [1.807, 2.05) is 11.3 Å². The Labute approximate surface area is 91.5 Å². The Bertz CT molecular complexity index is 304. The SMILES string of the molecule is CC(CC1(N)CC1)c1ccc(Br)s1. The number of rotatable bonds is 3. The highest BCUT2D eigenvalue weighted by Gasteiger charge is 2.39. The summed E-state index contributed by atoms with van der Waals surface area (Å²) in [7, 11) is 0. The molecule has 0 radical (unpaired) electrons. The molecule has 0 spiro atoms. The van der Waals surface area contributed by atoms with Crippen LogP contribution in [0.2, 0.25) is 0 Å². The monoisotopic (exact) mass is 259 g/mol. The number of hydrogen-bond acceptors (Lipinski definition) is 2. The first-order valence-electron chi connectivity index (χ1n) is 4.63. The van der Waals surface area contributed by atoms with Crippen molar-refractivity contribution >= 4 is 27.3 Å². The predicted octanol–water partition coefficient (Wildman–Crippen LogP) is 3.50. The first-order chi connectivity index (χ1) is 6.09. The zero-order valence-corrected chi connectivity index (χ0v) is 10.1. The van der Waals surface area contributed by atoms with Gasteiger partial charge in [0.2, 0.25) is 0 Å². The van der Waals surface area contributed by atoms with Gasteiger partial charge in [-0.1, -0.05) is 6.92 Å². The van der Waals surface area contributed by atoms with E-state index in [9.17, 15) is 0 Å². The first-order valence-corrected chi connectivity index (χ1v) is 6.24. The standard InChI is InChI=1S/C10H14BrNS/c1-7(6-10(12)4-5-10)8-2-3-9(11)13-8/h2-3,7H,4-6,12H2,1H3. The van der Waals surface area contributed by atoms with E-state index < -0.39 is 0 Å². The summed E-state index contributed by atoms with van der Waals surface area (Å²) in [6, 6.07) is 4.32. The fraction of sp³-hybridized carbons (Fsp3) is 0.600. The molecule has 72 valence electrons. The molecule has 1 fully saturated rings. The molecule has 1 aliphatic rings. The Hall–Kier alpha value is 0.140.